The normalized spacial score (nSPS) is 11.5. The average Bonchev–Trinajstić information content (AvgIpc) is 2.93. The molecule has 2 rings (SSSR count). The molecule has 0 aliphatic rings. The molecule has 0 aliphatic heterocycles. The maximum absolute atomic E-state index is 12.3. The third-order valence-corrected chi connectivity index (χ3v) is 3.99. The lowest BCUT2D eigenvalue weighted by atomic mass is 10.1. The van der Waals surface area contributed by atoms with Gasteiger partial charge in [-0.1, -0.05) is 6.07 Å². The molecule has 0 spiro atoms. The van der Waals surface area contributed by atoms with Gasteiger partial charge in [0.1, 0.15) is 5.01 Å². The van der Waals surface area contributed by atoms with E-state index in [-0.39, 0.29) is 12.3 Å². The molecule has 0 aliphatic carbocycles. The predicted molar refractivity (Wildman–Crippen MR) is 87.6 cm³/mol. The molecule has 0 unspecified atom stereocenters. The van der Waals surface area contributed by atoms with Gasteiger partial charge in [-0.2, -0.15) is 0 Å². The summed E-state index contributed by atoms with van der Waals surface area (Å²) in [6, 6.07) is 5.67. The van der Waals surface area contributed by atoms with E-state index in [9.17, 15) is 9.90 Å². The van der Waals surface area contributed by atoms with Crippen LogP contribution in [-0.2, 0) is 11.2 Å². The second-order valence-electron chi connectivity index (χ2n) is 5.76. The highest BCUT2D eigenvalue weighted by Crippen LogP contribution is 2.21. The number of amides is 1. The van der Waals surface area contributed by atoms with E-state index in [0.29, 0.717) is 13.1 Å². The van der Waals surface area contributed by atoms with Crippen molar-refractivity contribution in [2.75, 3.05) is 13.1 Å². The van der Waals surface area contributed by atoms with Crippen molar-refractivity contribution >= 4 is 17.2 Å². The maximum Gasteiger partial charge on any atom is 0.228 e. The van der Waals surface area contributed by atoms with E-state index >= 15 is 0 Å². The zero-order valence-corrected chi connectivity index (χ0v) is 13.9. The van der Waals surface area contributed by atoms with Crippen molar-refractivity contribution in [2.45, 2.75) is 32.8 Å². The van der Waals surface area contributed by atoms with Crippen molar-refractivity contribution in [1.82, 2.24) is 14.9 Å². The summed E-state index contributed by atoms with van der Waals surface area (Å²) in [7, 11) is 0. The number of hydrogen-bond acceptors (Lipinski definition) is 5. The van der Waals surface area contributed by atoms with E-state index in [0.717, 1.165) is 16.4 Å². The molecule has 0 fully saturated rings. The highest BCUT2D eigenvalue weighted by atomic mass is 32.1. The molecule has 2 aromatic heterocycles. The fraction of sp³-hybridized carbons (Fsp3) is 0.438. The van der Waals surface area contributed by atoms with Crippen LogP contribution in [0.5, 0.6) is 0 Å². The van der Waals surface area contributed by atoms with Crippen molar-refractivity contribution in [2.24, 2.45) is 0 Å². The Kier molecular flexibility index (Phi) is 5.26. The summed E-state index contributed by atoms with van der Waals surface area (Å²) in [5.41, 5.74) is 0.659. The summed E-state index contributed by atoms with van der Waals surface area (Å²) in [4.78, 5) is 22.7. The van der Waals surface area contributed by atoms with Crippen molar-refractivity contribution in [3.8, 4) is 10.7 Å². The van der Waals surface area contributed by atoms with Crippen LogP contribution in [0.1, 0.15) is 26.5 Å². The Hall–Kier alpha value is -1.79. The minimum Gasteiger partial charge on any atom is -0.389 e. The zero-order valence-electron chi connectivity index (χ0n) is 13.1. The molecule has 0 bridgehead atoms. The molecular weight excluding hydrogens is 298 g/mol. The highest BCUT2D eigenvalue weighted by Gasteiger charge is 2.22. The first kappa shape index (κ1) is 16.6. The van der Waals surface area contributed by atoms with Crippen molar-refractivity contribution in [3.63, 3.8) is 0 Å². The number of pyridine rings is 1. The van der Waals surface area contributed by atoms with Crippen LogP contribution in [-0.4, -0.2) is 44.6 Å². The largest absolute Gasteiger partial charge is 0.389 e. The number of thiazole rings is 1. The Morgan fingerprint density at radius 2 is 2.18 bits per heavy atom. The topological polar surface area (TPSA) is 66.3 Å². The quantitative estimate of drug-likeness (QED) is 0.887. The van der Waals surface area contributed by atoms with Gasteiger partial charge in [-0.3, -0.25) is 9.78 Å². The van der Waals surface area contributed by atoms with Crippen molar-refractivity contribution in [3.05, 3.63) is 35.5 Å². The number of aliphatic hydroxyl groups is 1. The Balaban J connectivity index is 2.04. The first-order valence-electron chi connectivity index (χ1n) is 7.25. The molecule has 6 heteroatoms. The van der Waals surface area contributed by atoms with Gasteiger partial charge in [0.25, 0.3) is 0 Å². The summed E-state index contributed by atoms with van der Waals surface area (Å²) < 4.78 is 0. The summed E-state index contributed by atoms with van der Waals surface area (Å²) in [5.74, 6) is -0.0255. The number of likely N-dealkylation sites (N-methyl/N-ethyl adjacent to an activating group) is 1. The second kappa shape index (κ2) is 6.98. The van der Waals surface area contributed by atoms with Crippen molar-refractivity contribution < 1.29 is 9.90 Å². The Bertz CT molecular complexity index is 620. The molecule has 0 radical (unpaired) electrons. The van der Waals surface area contributed by atoms with Crippen LogP contribution in [0.15, 0.2) is 29.8 Å². The van der Waals surface area contributed by atoms with Gasteiger partial charge in [-0.05, 0) is 32.9 Å². The number of nitrogens with zero attached hydrogens (tertiary/aromatic N) is 3. The molecule has 5 nitrogen and oxygen atoms in total. The third-order valence-electron chi connectivity index (χ3n) is 3.08. The van der Waals surface area contributed by atoms with Gasteiger partial charge >= 0.3 is 0 Å². The smallest absolute Gasteiger partial charge is 0.228 e. The van der Waals surface area contributed by atoms with Gasteiger partial charge in [0, 0.05) is 24.7 Å². The maximum atomic E-state index is 12.3. The first-order valence-corrected chi connectivity index (χ1v) is 8.13. The molecule has 1 amide bonds. The monoisotopic (exact) mass is 319 g/mol. The third kappa shape index (κ3) is 4.61. The molecule has 0 saturated carbocycles. The van der Waals surface area contributed by atoms with Gasteiger partial charge in [0.05, 0.1) is 23.4 Å². The SMILES string of the molecule is CCN(CC(C)(C)O)C(=O)Cc1csc(-c2ccccn2)n1. The standard InChI is InChI=1S/C16H21N3O2S/c1-4-19(11-16(2,3)21)14(20)9-12-10-22-15(18-12)13-7-5-6-8-17-13/h5-8,10,21H,4,9,11H2,1-3H3. The fourth-order valence-electron chi connectivity index (χ4n) is 2.11. The molecular formula is C16H21N3O2S. The van der Waals surface area contributed by atoms with Crippen LogP contribution in [0, 0.1) is 0 Å². The summed E-state index contributed by atoms with van der Waals surface area (Å²) >= 11 is 1.48. The Labute approximate surface area is 134 Å². The second-order valence-corrected chi connectivity index (χ2v) is 6.61. The van der Waals surface area contributed by atoms with Crippen LogP contribution < -0.4 is 0 Å². The fourth-order valence-corrected chi connectivity index (χ4v) is 2.90. The number of carbonyl (C=O) groups excluding carboxylic acids is 1. The summed E-state index contributed by atoms with van der Waals surface area (Å²) in [5, 5.41) is 12.6. The summed E-state index contributed by atoms with van der Waals surface area (Å²) in [6.45, 7) is 6.19. The van der Waals surface area contributed by atoms with Gasteiger partial charge < -0.3 is 10.0 Å². The zero-order chi connectivity index (χ0) is 16.2. The van der Waals surface area contributed by atoms with E-state index in [2.05, 4.69) is 9.97 Å². The average molecular weight is 319 g/mol. The van der Waals surface area contributed by atoms with Crippen molar-refractivity contribution in [1.29, 1.82) is 0 Å². The highest BCUT2D eigenvalue weighted by molar-refractivity contribution is 7.13. The lowest BCUT2D eigenvalue weighted by molar-refractivity contribution is -0.133. The van der Waals surface area contributed by atoms with E-state index in [1.165, 1.54) is 11.3 Å². The molecule has 22 heavy (non-hydrogen) atoms. The van der Waals surface area contributed by atoms with E-state index in [1.807, 2.05) is 30.5 Å². The molecule has 0 atom stereocenters. The molecule has 0 aromatic carbocycles. The summed E-state index contributed by atoms with van der Waals surface area (Å²) in [6.07, 6.45) is 1.97. The Morgan fingerprint density at radius 3 is 2.77 bits per heavy atom. The molecule has 1 N–H and O–H groups in total. The van der Waals surface area contributed by atoms with Gasteiger partial charge in [0.2, 0.25) is 5.91 Å². The molecule has 118 valence electrons. The van der Waals surface area contributed by atoms with Crippen LogP contribution in [0.3, 0.4) is 0 Å². The van der Waals surface area contributed by atoms with E-state index in [1.54, 1.807) is 24.9 Å². The Morgan fingerprint density at radius 1 is 1.41 bits per heavy atom. The van der Waals surface area contributed by atoms with Crippen LogP contribution in [0.2, 0.25) is 0 Å². The van der Waals surface area contributed by atoms with E-state index < -0.39 is 5.60 Å². The van der Waals surface area contributed by atoms with Crippen LogP contribution >= 0.6 is 11.3 Å². The lowest BCUT2D eigenvalue weighted by Gasteiger charge is -2.28. The van der Waals surface area contributed by atoms with E-state index in [4.69, 9.17) is 0 Å². The van der Waals surface area contributed by atoms with Crippen LogP contribution in [0.25, 0.3) is 10.7 Å². The molecule has 0 saturated heterocycles. The van der Waals surface area contributed by atoms with Gasteiger partial charge in [-0.15, -0.1) is 11.3 Å². The molecule has 2 aromatic rings. The number of aromatic nitrogens is 2. The number of rotatable bonds is 6. The predicted octanol–water partition coefficient (Wildman–Crippen LogP) is 2.37. The number of hydrogen-bond donors (Lipinski definition) is 1. The van der Waals surface area contributed by atoms with Gasteiger partial charge in [-0.25, -0.2) is 4.98 Å². The van der Waals surface area contributed by atoms with Gasteiger partial charge in [0.15, 0.2) is 0 Å². The molecule has 2 heterocycles. The first-order chi connectivity index (χ1) is 10.4. The minimum absolute atomic E-state index is 0.0255. The minimum atomic E-state index is -0.896. The lowest BCUT2D eigenvalue weighted by Crippen LogP contribution is -2.42. The van der Waals surface area contributed by atoms with Crippen LogP contribution in [0.4, 0.5) is 0 Å². The number of carbonyl (C=O) groups is 1.